The molecule has 0 saturated carbocycles. The Balaban J connectivity index is 2.14. The van der Waals surface area contributed by atoms with Crippen molar-refractivity contribution in [3.8, 4) is 5.75 Å². The molecule has 2 amide bonds. The van der Waals surface area contributed by atoms with Gasteiger partial charge in [-0.3, -0.25) is 4.79 Å². The summed E-state index contributed by atoms with van der Waals surface area (Å²) in [7, 11) is 0. The van der Waals surface area contributed by atoms with Crippen LogP contribution in [0.4, 0.5) is 19.3 Å². The summed E-state index contributed by atoms with van der Waals surface area (Å²) >= 11 is 0. The number of rotatable bonds is 3. The maximum atomic E-state index is 13.8. The van der Waals surface area contributed by atoms with E-state index in [1.807, 2.05) is 0 Å². The minimum atomic E-state index is -0.990. The van der Waals surface area contributed by atoms with Gasteiger partial charge < -0.3 is 15.0 Å². The van der Waals surface area contributed by atoms with Gasteiger partial charge in [-0.05, 0) is 19.3 Å². The molecule has 7 heteroatoms. The molecule has 2 rings (SSSR count). The van der Waals surface area contributed by atoms with Crippen molar-refractivity contribution in [2.45, 2.75) is 33.1 Å². The normalized spacial score (nSPS) is 14.7. The predicted molar refractivity (Wildman–Crippen MR) is 81.3 cm³/mol. The fourth-order valence-corrected chi connectivity index (χ4v) is 2.22. The first-order chi connectivity index (χ1) is 10.9. The smallest absolute Gasteiger partial charge is 0.407 e. The Kier molecular flexibility index (Phi) is 5.52. The molecule has 126 valence electrons. The van der Waals surface area contributed by atoms with Crippen molar-refractivity contribution in [2.24, 2.45) is 5.92 Å². The number of carbonyl (C=O) groups excluding carboxylic acids is 2. The van der Waals surface area contributed by atoms with E-state index >= 15 is 0 Å². The van der Waals surface area contributed by atoms with Crippen molar-refractivity contribution in [3.05, 3.63) is 23.8 Å². The Hall–Kier alpha value is -2.18. The minimum absolute atomic E-state index is 0.216. The zero-order valence-electron chi connectivity index (χ0n) is 13.2. The Bertz CT molecular complexity index is 599. The van der Waals surface area contributed by atoms with Crippen LogP contribution in [0.3, 0.4) is 0 Å². The van der Waals surface area contributed by atoms with E-state index in [9.17, 15) is 18.4 Å². The molecule has 1 aromatic carbocycles. The summed E-state index contributed by atoms with van der Waals surface area (Å²) in [6, 6.07) is 1.58. The number of piperidine rings is 1. The molecule has 0 atom stereocenters. The highest BCUT2D eigenvalue weighted by atomic mass is 19.1. The molecule has 0 aliphatic carbocycles. The van der Waals surface area contributed by atoms with E-state index < -0.39 is 29.4 Å². The molecule has 1 saturated heterocycles. The molecule has 0 bridgehead atoms. The fourth-order valence-electron chi connectivity index (χ4n) is 2.22. The Labute approximate surface area is 133 Å². The van der Waals surface area contributed by atoms with Gasteiger partial charge in [-0.25, -0.2) is 13.6 Å². The first kappa shape index (κ1) is 17.2. The number of nitrogens with zero attached hydrogens (tertiary/aromatic N) is 1. The lowest BCUT2D eigenvalue weighted by molar-refractivity contribution is -0.118. The number of amides is 2. The second-order valence-electron chi connectivity index (χ2n) is 5.82. The van der Waals surface area contributed by atoms with E-state index in [1.54, 1.807) is 13.8 Å². The molecular weight excluding hydrogens is 306 g/mol. The highest BCUT2D eigenvalue weighted by Crippen LogP contribution is 2.26. The summed E-state index contributed by atoms with van der Waals surface area (Å²) < 4.78 is 32.6. The number of ether oxygens (including phenoxy) is 1. The van der Waals surface area contributed by atoms with Gasteiger partial charge in [0.2, 0.25) is 5.91 Å². The Morgan fingerprint density at radius 2 is 1.78 bits per heavy atom. The van der Waals surface area contributed by atoms with Gasteiger partial charge >= 0.3 is 6.09 Å². The Morgan fingerprint density at radius 1 is 1.13 bits per heavy atom. The van der Waals surface area contributed by atoms with Gasteiger partial charge in [-0.1, -0.05) is 13.8 Å². The monoisotopic (exact) mass is 326 g/mol. The lowest BCUT2D eigenvalue weighted by Crippen LogP contribution is -2.37. The third-order valence-electron chi connectivity index (χ3n) is 3.62. The summed E-state index contributed by atoms with van der Waals surface area (Å²) in [5.74, 6) is -3.09. The minimum Gasteiger partial charge on any atom is -0.407 e. The molecule has 1 aliphatic heterocycles. The average molecular weight is 326 g/mol. The molecule has 0 unspecified atom stereocenters. The van der Waals surface area contributed by atoms with Gasteiger partial charge in [-0.15, -0.1) is 0 Å². The fraction of sp³-hybridized carbons (Fsp3) is 0.500. The van der Waals surface area contributed by atoms with Crippen LogP contribution in [0.1, 0.15) is 33.1 Å². The molecule has 1 N–H and O–H groups in total. The highest BCUT2D eigenvalue weighted by Gasteiger charge is 2.21. The maximum Gasteiger partial charge on any atom is 0.415 e. The SMILES string of the molecule is CC(C)C(=O)Nc1cc(OC(=O)N2CCCCC2)c(F)cc1F. The van der Waals surface area contributed by atoms with Crippen molar-refractivity contribution in [2.75, 3.05) is 18.4 Å². The van der Waals surface area contributed by atoms with Gasteiger partial charge in [0.15, 0.2) is 11.6 Å². The van der Waals surface area contributed by atoms with E-state index in [4.69, 9.17) is 4.74 Å². The van der Waals surface area contributed by atoms with Crippen molar-refractivity contribution >= 4 is 17.7 Å². The molecular formula is C16H20F2N2O3. The third-order valence-corrected chi connectivity index (χ3v) is 3.62. The molecule has 0 aromatic heterocycles. The first-order valence-electron chi connectivity index (χ1n) is 7.65. The third kappa shape index (κ3) is 4.40. The van der Waals surface area contributed by atoms with Crippen molar-refractivity contribution in [1.82, 2.24) is 4.90 Å². The van der Waals surface area contributed by atoms with E-state index in [-0.39, 0.29) is 11.6 Å². The zero-order valence-corrected chi connectivity index (χ0v) is 13.2. The van der Waals surface area contributed by atoms with E-state index in [0.717, 1.165) is 25.3 Å². The van der Waals surface area contributed by atoms with Crippen LogP contribution in [0, 0.1) is 17.6 Å². The largest absolute Gasteiger partial charge is 0.415 e. The quantitative estimate of drug-likeness (QED) is 0.924. The second-order valence-corrected chi connectivity index (χ2v) is 5.82. The lowest BCUT2D eigenvalue weighted by atomic mass is 10.1. The molecule has 23 heavy (non-hydrogen) atoms. The van der Waals surface area contributed by atoms with Gasteiger partial charge in [0.05, 0.1) is 5.69 Å². The van der Waals surface area contributed by atoms with Crippen LogP contribution >= 0.6 is 0 Å². The first-order valence-corrected chi connectivity index (χ1v) is 7.65. The van der Waals surface area contributed by atoms with E-state index in [0.29, 0.717) is 19.2 Å². The van der Waals surface area contributed by atoms with Gasteiger partial charge in [0.25, 0.3) is 0 Å². The molecule has 0 spiro atoms. The summed E-state index contributed by atoms with van der Waals surface area (Å²) in [5.41, 5.74) is -0.216. The van der Waals surface area contributed by atoms with Gasteiger partial charge in [-0.2, -0.15) is 0 Å². The van der Waals surface area contributed by atoms with Gasteiger partial charge in [0, 0.05) is 31.1 Å². The number of halogens is 2. The molecule has 1 fully saturated rings. The summed E-state index contributed by atoms with van der Waals surface area (Å²) in [4.78, 5) is 25.1. The van der Waals surface area contributed by atoms with Crippen molar-refractivity contribution in [3.63, 3.8) is 0 Å². The van der Waals surface area contributed by atoms with Gasteiger partial charge in [0.1, 0.15) is 5.82 Å². The maximum absolute atomic E-state index is 13.8. The van der Waals surface area contributed by atoms with Crippen LogP contribution in [0.25, 0.3) is 0 Å². The number of nitrogens with one attached hydrogen (secondary N) is 1. The number of anilines is 1. The van der Waals surface area contributed by atoms with Crippen molar-refractivity contribution in [1.29, 1.82) is 0 Å². The average Bonchev–Trinajstić information content (AvgIpc) is 2.52. The highest BCUT2D eigenvalue weighted by molar-refractivity contribution is 5.92. The predicted octanol–water partition coefficient (Wildman–Crippen LogP) is 3.54. The zero-order chi connectivity index (χ0) is 17.0. The van der Waals surface area contributed by atoms with Crippen LogP contribution in [-0.2, 0) is 4.79 Å². The molecule has 1 aromatic rings. The number of likely N-dealkylation sites (tertiary alicyclic amines) is 1. The number of carbonyl (C=O) groups is 2. The summed E-state index contributed by atoms with van der Waals surface area (Å²) in [5, 5.41) is 2.34. The van der Waals surface area contributed by atoms with E-state index in [2.05, 4.69) is 5.32 Å². The van der Waals surface area contributed by atoms with Crippen molar-refractivity contribution < 1.29 is 23.1 Å². The lowest BCUT2D eigenvalue weighted by Gasteiger charge is -2.25. The molecule has 0 radical (unpaired) electrons. The van der Waals surface area contributed by atoms with Crippen LogP contribution in [0.2, 0.25) is 0 Å². The number of hydrogen-bond acceptors (Lipinski definition) is 3. The molecule has 1 aliphatic rings. The second kappa shape index (κ2) is 7.39. The molecule has 5 nitrogen and oxygen atoms in total. The van der Waals surface area contributed by atoms with Crippen LogP contribution in [-0.4, -0.2) is 30.0 Å². The topological polar surface area (TPSA) is 58.6 Å². The standard InChI is InChI=1S/C16H20F2N2O3/c1-10(2)15(21)19-13-9-14(12(18)8-11(13)17)23-16(22)20-6-4-3-5-7-20/h8-10H,3-7H2,1-2H3,(H,19,21). The summed E-state index contributed by atoms with van der Waals surface area (Å²) in [6.45, 7) is 4.40. The Morgan fingerprint density at radius 3 is 2.39 bits per heavy atom. The van der Waals surface area contributed by atoms with E-state index in [1.165, 1.54) is 4.90 Å². The van der Waals surface area contributed by atoms with Crippen LogP contribution in [0.15, 0.2) is 12.1 Å². The molecule has 1 heterocycles. The van der Waals surface area contributed by atoms with Crippen LogP contribution < -0.4 is 10.1 Å². The van der Waals surface area contributed by atoms with Crippen LogP contribution in [0.5, 0.6) is 5.75 Å². The summed E-state index contributed by atoms with van der Waals surface area (Å²) in [6.07, 6.45) is 2.12. The number of hydrogen-bond donors (Lipinski definition) is 1. The number of benzene rings is 1.